The number of hydrogen-bond donors (Lipinski definition) is 1. The lowest BCUT2D eigenvalue weighted by atomic mass is 9.89. The van der Waals surface area contributed by atoms with Crippen molar-refractivity contribution in [3.63, 3.8) is 0 Å². The van der Waals surface area contributed by atoms with Crippen LogP contribution < -0.4 is 5.73 Å². The van der Waals surface area contributed by atoms with E-state index in [1.807, 2.05) is 0 Å². The molecule has 0 aliphatic carbocycles. The molecule has 21 heavy (non-hydrogen) atoms. The van der Waals surface area contributed by atoms with Crippen LogP contribution in [0.25, 0.3) is 0 Å². The van der Waals surface area contributed by atoms with Crippen LogP contribution in [0.1, 0.15) is 65.5 Å². The summed E-state index contributed by atoms with van der Waals surface area (Å²) in [6.45, 7) is 12.6. The van der Waals surface area contributed by atoms with Gasteiger partial charge in [-0.25, -0.2) is 0 Å². The van der Waals surface area contributed by atoms with E-state index in [-0.39, 0.29) is 6.04 Å². The van der Waals surface area contributed by atoms with Gasteiger partial charge in [-0.1, -0.05) is 63.9 Å². The molecule has 0 aliphatic heterocycles. The molecule has 0 heterocycles. The van der Waals surface area contributed by atoms with Gasteiger partial charge in [-0.15, -0.1) is 0 Å². The summed E-state index contributed by atoms with van der Waals surface area (Å²) in [5.74, 6) is 0.546. The lowest BCUT2D eigenvalue weighted by Gasteiger charge is -2.41. The van der Waals surface area contributed by atoms with Crippen molar-refractivity contribution in [2.24, 2.45) is 11.7 Å². The topological polar surface area (TPSA) is 29.3 Å². The van der Waals surface area contributed by atoms with Crippen molar-refractivity contribution in [2.45, 2.75) is 72.0 Å². The van der Waals surface area contributed by atoms with Crippen molar-refractivity contribution in [3.05, 3.63) is 35.9 Å². The zero-order valence-corrected chi connectivity index (χ0v) is 14.5. The molecule has 2 unspecified atom stereocenters. The van der Waals surface area contributed by atoms with Crippen molar-refractivity contribution in [2.75, 3.05) is 6.54 Å². The minimum absolute atomic E-state index is 0.0789. The molecule has 2 atom stereocenters. The Morgan fingerprint density at radius 1 is 1.00 bits per heavy atom. The second-order valence-electron chi connectivity index (χ2n) is 6.71. The first-order valence-corrected chi connectivity index (χ1v) is 8.55. The van der Waals surface area contributed by atoms with Crippen LogP contribution in [0.4, 0.5) is 0 Å². The average molecular weight is 290 g/mol. The highest BCUT2D eigenvalue weighted by atomic mass is 15.2. The van der Waals surface area contributed by atoms with Crippen molar-refractivity contribution < 1.29 is 0 Å². The van der Waals surface area contributed by atoms with E-state index in [4.69, 9.17) is 5.73 Å². The van der Waals surface area contributed by atoms with E-state index < -0.39 is 0 Å². The average Bonchev–Trinajstić information content (AvgIpc) is 2.46. The lowest BCUT2D eigenvalue weighted by Crippen LogP contribution is -2.49. The van der Waals surface area contributed by atoms with Gasteiger partial charge in [0.05, 0.1) is 0 Å². The summed E-state index contributed by atoms with van der Waals surface area (Å²) in [5, 5.41) is 0. The van der Waals surface area contributed by atoms with Crippen molar-refractivity contribution in [1.82, 2.24) is 4.90 Å². The molecule has 0 aliphatic rings. The molecule has 1 rings (SSSR count). The molecule has 1 aromatic rings. The molecule has 0 aromatic heterocycles. The number of nitrogens with zero attached hydrogens (tertiary/aromatic N) is 1. The highest BCUT2D eigenvalue weighted by Gasteiger charge is 2.30. The van der Waals surface area contributed by atoms with Crippen LogP contribution in [0, 0.1) is 5.92 Å². The number of hydrogen-bond acceptors (Lipinski definition) is 2. The number of rotatable bonds is 9. The fourth-order valence-corrected chi connectivity index (χ4v) is 3.17. The summed E-state index contributed by atoms with van der Waals surface area (Å²) in [6.07, 6.45) is 3.83. The van der Waals surface area contributed by atoms with Gasteiger partial charge in [0.2, 0.25) is 0 Å². The molecule has 2 N–H and O–H groups in total. The summed E-state index contributed by atoms with van der Waals surface area (Å²) in [7, 11) is 0. The molecule has 0 saturated carbocycles. The van der Waals surface area contributed by atoms with Crippen molar-refractivity contribution in [1.29, 1.82) is 0 Å². The zero-order chi connectivity index (χ0) is 15.8. The van der Waals surface area contributed by atoms with E-state index in [1.54, 1.807) is 0 Å². The third-order valence-electron chi connectivity index (χ3n) is 4.30. The maximum Gasteiger partial charge on any atom is 0.0455 e. The van der Waals surface area contributed by atoms with Gasteiger partial charge in [0.1, 0.15) is 0 Å². The Labute approximate surface area is 131 Å². The molecule has 2 nitrogen and oxygen atoms in total. The number of nitrogens with two attached hydrogens (primary N) is 1. The number of unbranched alkanes of at least 4 members (excludes halogenated alkanes) is 2. The van der Waals surface area contributed by atoms with E-state index in [2.05, 4.69) is 69.9 Å². The first kappa shape index (κ1) is 18.2. The summed E-state index contributed by atoms with van der Waals surface area (Å²) in [6, 6.07) is 11.5. The fraction of sp³-hybridized carbons (Fsp3) is 0.684. The van der Waals surface area contributed by atoms with E-state index in [1.165, 1.54) is 24.8 Å². The SMILES string of the molecule is CCCCCN(C(C)C)C(C(C)C)C(N)c1ccccc1. The Balaban J connectivity index is 2.90. The third kappa shape index (κ3) is 5.44. The Morgan fingerprint density at radius 3 is 2.10 bits per heavy atom. The van der Waals surface area contributed by atoms with Gasteiger partial charge in [-0.3, -0.25) is 4.90 Å². The second kappa shape index (κ2) is 9.22. The smallest absolute Gasteiger partial charge is 0.0455 e. The molecule has 0 spiro atoms. The Morgan fingerprint density at radius 2 is 1.62 bits per heavy atom. The van der Waals surface area contributed by atoms with E-state index in [0.717, 1.165) is 6.54 Å². The summed E-state index contributed by atoms with van der Waals surface area (Å²) < 4.78 is 0. The molecule has 1 aromatic carbocycles. The molecule has 0 amide bonds. The van der Waals surface area contributed by atoms with Gasteiger partial charge >= 0.3 is 0 Å². The quantitative estimate of drug-likeness (QED) is 0.673. The van der Waals surface area contributed by atoms with Gasteiger partial charge in [0.25, 0.3) is 0 Å². The lowest BCUT2D eigenvalue weighted by molar-refractivity contribution is 0.0947. The number of benzene rings is 1. The predicted molar refractivity (Wildman–Crippen MR) is 93.4 cm³/mol. The van der Waals surface area contributed by atoms with E-state index >= 15 is 0 Å². The van der Waals surface area contributed by atoms with E-state index in [0.29, 0.717) is 18.0 Å². The summed E-state index contributed by atoms with van der Waals surface area (Å²) in [4.78, 5) is 2.61. The van der Waals surface area contributed by atoms with Crippen LogP contribution in [-0.4, -0.2) is 23.5 Å². The normalized spacial score (nSPS) is 14.9. The third-order valence-corrected chi connectivity index (χ3v) is 4.30. The summed E-state index contributed by atoms with van der Waals surface area (Å²) in [5.41, 5.74) is 7.89. The zero-order valence-electron chi connectivity index (χ0n) is 14.5. The van der Waals surface area contributed by atoms with Gasteiger partial charge in [0, 0.05) is 18.1 Å². The molecular formula is C19H34N2. The molecule has 2 heteroatoms. The minimum Gasteiger partial charge on any atom is -0.323 e. The largest absolute Gasteiger partial charge is 0.323 e. The first-order chi connectivity index (χ1) is 9.99. The van der Waals surface area contributed by atoms with Crippen LogP contribution in [0.15, 0.2) is 30.3 Å². The maximum absolute atomic E-state index is 6.64. The van der Waals surface area contributed by atoms with E-state index in [9.17, 15) is 0 Å². The van der Waals surface area contributed by atoms with Crippen LogP contribution >= 0.6 is 0 Å². The maximum atomic E-state index is 6.64. The molecule has 0 fully saturated rings. The Kier molecular flexibility index (Phi) is 7.98. The molecular weight excluding hydrogens is 256 g/mol. The molecule has 0 bridgehead atoms. The van der Waals surface area contributed by atoms with Crippen LogP contribution in [-0.2, 0) is 0 Å². The van der Waals surface area contributed by atoms with Crippen LogP contribution in [0.2, 0.25) is 0 Å². The first-order valence-electron chi connectivity index (χ1n) is 8.55. The van der Waals surface area contributed by atoms with Crippen LogP contribution in [0.5, 0.6) is 0 Å². The Bertz CT molecular complexity index is 372. The Hall–Kier alpha value is -0.860. The van der Waals surface area contributed by atoms with Gasteiger partial charge in [0.15, 0.2) is 0 Å². The second-order valence-corrected chi connectivity index (χ2v) is 6.71. The molecule has 0 radical (unpaired) electrons. The van der Waals surface area contributed by atoms with Gasteiger partial charge < -0.3 is 5.73 Å². The summed E-state index contributed by atoms with van der Waals surface area (Å²) >= 11 is 0. The monoisotopic (exact) mass is 290 g/mol. The van der Waals surface area contributed by atoms with Crippen molar-refractivity contribution in [3.8, 4) is 0 Å². The minimum atomic E-state index is 0.0789. The van der Waals surface area contributed by atoms with Gasteiger partial charge in [-0.05, 0) is 38.3 Å². The molecule has 0 saturated heterocycles. The fourth-order valence-electron chi connectivity index (χ4n) is 3.17. The standard InChI is InChI=1S/C19H34N2/c1-6-7-11-14-21(16(4)5)19(15(2)3)18(20)17-12-9-8-10-13-17/h8-10,12-13,15-16,18-19H,6-7,11,14,20H2,1-5H3. The van der Waals surface area contributed by atoms with Crippen LogP contribution in [0.3, 0.4) is 0 Å². The van der Waals surface area contributed by atoms with Gasteiger partial charge in [-0.2, -0.15) is 0 Å². The highest BCUT2D eigenvalue weighted by Crippen LogP contribution is 2.26. The predicted octanol–water partition coefficient (Wildman–Crippen LogP) is 4.61. The highest BCUT2D eigenvalue weighted by molar-refractivity contribution is 5.20. The molecule has 120 valence electrons. The van der Waals surface area contributed by atoms with Crippen molar-refractivity contribution >= 4 is 0 Å².